The molecule has 1 aliphatic heterocycles. The van der Waals surface area contributed by atoms with E-state index in [1.165, 1.54) is 135 Å². The number of hydrogen-bond donors (Lipinski definition) is 0. The molecule has 0 bridgehead atoms. The van der Waals surface area contributed by atoms with Gasteiger partial charge in [-0.2, -0.15) is 0 Å². The van der Waals surface area contributed by atoms with E-state index in [4.69, 9.17) is 18.9 Å². The Bertz CT molecular complexity index is 896. The smallest absolute Gasteiger partial charge is 0.308 e. The zero-order chi connectivity index (χ0) is 40.8. The van der Waals surface area contributed by atoms with E-state index in [1.807, 2.05) is 0 Å². The number of esters is 2. The molecular formula is C49H93NO6. The Morgan fingerprint density at radius 2 is 1.02 bits per heavy atom. The van der Waals surface area contributed by atoms with Crippen LogP contribution in [0, 0.1) is 11.3 Å². The highest BCUT2D eigenvalue weighted by Gasteiger charge is 2.40. The Hall–Kier alpha value is -1.44. The maximum absolute atomic E-state index is 13.7. The highest BCUT2D eigenvalue weighted by atomic mass is 16.7. The van der Waals surface area contributed by atoms with E-state index in [0.717, 1.165) is 70.8 Å². The van der Waals surface area contributed by atoms with Crippen LogP contribution in [0.2, 0.25) is 0 Å². The van der Waals surface area contributed by atoms with Crippen LogP contribution in [0.5, 0.6) is 0 Å². The predicted molar refractivity (Wildman–Crippen MR) is 236 cm³/mol. The summed E-state index contributed by atoms with van der Waals surface area (Å²) in [7, 11) is 4.14. The summed E-state index contributed by atoms with van der Waals surface area (Å²) in [5.41, 5.74) is -0.685. The third-order valence-corrected chi connectivity index (χ3v) is 11.5. The van der Waals surface area contributed by atoms with E-state index < -0.39 is 5.41 Å². The number of unbranched alkanes of at least 4 members (excludes halogenated alkanes) is 23. The molecule has 0 atom stereocenters. The minimum atomic E-state index is -0.685. The van der Waals surface area contributed by atoms with E-state index in [2.05, 4.69) is 51.9 Å². The standard InChI is InChI=1S/C49H93NO6/c1-6-9-12-15-18-19-20-21-22-23-24-25-28-31-34-38-46(51)53-41-49(42-54-47(55-43-49)39-35-40-50(4)5)44-56-48(52)45(36-32-29-26-16-13-10-7-2)37-33-30-27-17-14-11-8-3/h21-22,45,47H,6-20,23-44H2,1-5H3/b22-21-. The maximum atomic E-state index is 13.7. The molecule has 56 heavy (non-hydrogen) atoms. The van der Waals surface area contributed by atoms with Crippen molar-refractivity contribution in [2.24, 2.45) is 11.3 Å². The third kappa shape index (κ3) is 30.6. The molecule has 0 saturated carbocycles. The van der Waals surface area contributed by atoms with Crippen molar-refractivity contribution < 1.29 is 28.5 Å². The average molecular weight is 792 g/mol. The van der Waals surface area contributed by atoms with Gasteiger partial charge in [0.2, 0.25) is 0 Å². The van der Waals surface area contributed by atoms with Gasteiger partial charge in [0.05, 0.1) is 24.5 Å². The number of hydrogen-bond acceptors (Lipinski definition) is 7. The van der Waals surface area contributed by atoms with Gasteiger partial charge in [0.15, 0.2) is 6.29 Å². The van der Waals surface area contributed by atoms with E-state index in [0.29, 0.717) is 19.6 Å². The maximum Gasteiger partial charge on any atom is 0.308 e. The van der Waals surface area contributed by atoms with Gasteiger partial charge in [0.25, 0.3) is 0 Å². The lowest BCUT2D eigenvalue weighted by atomic mass is 9.90. The number of allylic oxidation sites excluding steroid dienone is 2. The van der Waals surface area contributed by atoms with Crippen molar-refractivity contribution in [2.45, 2.75) is 233 Å². The Balaban J connectivity index is 2.59. The van der Waals surface area contributed by atoms with Crippen LogP contribution in [0.25, 0.3) is 0 Å². The highest BCUT2D eigenvalue weighted by Crippen LogP contribution is 2.29. The van der Waals surface area contributed by atoms with Crippen LogP contribution in [-0.2, 0) is 28.5 Å². The summed E-state index contributed by atoms with van der Waals surface area (Å²) in [6.45, 7) is 8.76. The Kier molecular flexibility index (Phi) is 35.5. The van der Waals surface area contributed by atoms with Gasteiger partial charge in [-0.25, -0.2) is 0 Å². The summed E-state index contributed by atoms with van der Waals surface area (Å²) < 4.78 is 24.4. The van der Waals surface area contributed by atoms with Gasteiger partial charge in [-0.1, -0.05) is 174 Å². The van der Waals surface area contributed by atoms with Crippen LogP contribution in [-0.4, -0.2) is 70.2 Å². The Labute approximate surface area is 347 Å². The van der Waals surface area contributed by atoms with Crippen molar-refractivity contribution in [3.05, 3.63) is 12.2 Å². The summed E-state index contributed by atoms with van der Waals surface area (Å²) >= 11 is 0. The fraction of sp³-hybridized carbons (Fsp3) is 0.918. The predicted octanol–water partition coefficient (Wildman–Crippen LogP) is 13.7. The van der Waals surface area contributed by atoms with Crippen LogP contribution in [0.15, 0.2) is 12.2 Å². The molecule has 0 N–H and O–H groups in total. The molecule has 0 amide bonds. The van der Waals surface area contributed by atoms with E-state index in [-0.39, 0.29) is 37.4 Å². The first-order valence-corrected chi connectivity index (χ1v) is 24.2. The Morgan fingerprint density at radius 3 is 1.50 bits per heavy atom. The largest absolute Gasteiger partial charge is 0.465 e. The van der Waals surface area contributed by atoms with Crippen molar-refractivity contribution >= 4 is 11.9 Å². The summed E-state index contributed by atoms with van der Waals surface area (Å²) in [5.74, 6) is -0.363. The molecule has 1 saturated heterocycles. The number of rotatable bonds is 40. The zero-order valence-corrected chi connectivity index (χ0v) is 37.9. The van der Waals surface area contributed by atoms with Crippen molar-refractivity contribution in [3.63, 3.8) is 0 Å². The normalized spacial score (nSPS) is 17.4. The van der Waals surface area contributed by atoms with Crippen LogP contribution < -0.4 is 0 Å². The second-order valence-electron chi connectivity index (χ2n) is 17.6. The molecule has 1 heterocycles. The van der Waals surface area contributed by atoms with Gasteiger partial charge in [0, 0.05) is 6.42 Å². The first kappa shape index (κ1) is 52.6. The third-order valence-electron chi connectivity index (χ3n) is 11.5. The lowest BCUT2D eigenvalue weighted by molar-refractivity contribution is -0.250. The number of ether oxygens (including phenoxy) is 4. The number of carbonyl (C=O) groups excluding carboxylic acids is 2. The number of carbonyl (C=O) groups is 2. The fourth-order valence-corrected chi connectivity index (χ4v) is 7.64. The average Bonchev–Trinajstić information content (AvgIpc) is 3.19. The van der Waals surface area contributed by atoms with Gasteiger partial charge in [-0.3, -0.25) is 9.59 Å². The minimum absolute atomic E-state index is 0.0776. The molecule has 1 aliphatic rings. The summed E-state index contributed by atoms with van der Waals surface area (Å²) in [6.07, 6.45) is 41.7. The van der Waals surface area contributed by atoms with Crippen molar-refractivity contribution in [1.29, 1.82) is 0 Å². The molecule has 0 aromatic rings. The van der Waals surface area contributed by atoms with Crippen LogP contribution >= 0.6 is 0 Å². The molecule has 1 fully saturated rings. The molecule has 0 spiro atoms. The molecule has 7 heteroatoms. The first-order valence-electron chi connectivity index (χ1n) is 24.2. The number of nitrogens with zero attached hydrogens (tertiary/aromatic N) is 1. The van der Waals surface area contributed by atoms with Crippen LogP contribution in [0.3, 0.4) is 0 Å². The van der Waals surface area contributed by atoms with E-state index in [9.17, 15) is 9.59 Å². The molecule has 0 radical (unpaired) electrons. The summed E-state index contributed by atoms with van der Waals surface area (Å²) in [6, 6.07) is 0. The Morgan fingerprint density at radius 1 is 0.589 bits per heavy atom. The van der Waals surface area contributed by atoms with Gasteiger partial charge in [0.1, 0.15) is 13.2 Å². The quantitative estimate of drug-likeness (QED) is 0.0347. The molecule has 0 aromatic heterocycles. The molecule has 0 unspecified atom stereocenters. The molecule has 0 aliphatic carbocycles. The monoisotopic (exact) mass is 792 g/mol. The van der Waals surface area contributed by atoms with E-state index >= 15 is 0 Å². The molecule has 0 aromatic carbocycles. The van der Waals surface area contributed by atoms with Gasteiger partial charge < -0.3 is 23.8 Å². The lowest BCUT2D eigenvalue weighted by Crippen LogP contribution is -2.49. The summed E-state index contributed by atoms with van der Waals surface area (Å²) in [4.78, 5) is 28.8. The second kappa shape index (κ2) is 37.8. The highest BCUT2D eigenvalue weighted by molar-refractivity contribution is 5.72. The topological polar surface area (TPSA) is 74.3 Å². The van der Waals surface area contributed by atoms with Crippen molar-refractivity contribution in [2.75, 3.05) is 47.1 Å². The molecular weight excluding hydrogens is 699 g/mol. The van der Waals surface area contributed by atoms with Crippen molar-refractivity contribution in [1.82, 2.24) is 4.90 Å². The molecule has 330 valence electrons. The van der Waals surface area contributed by atoms with Crippen molar-refractivity contribution in [3.8, 4) is 0 Å². The first-order chi connectivity index (χ1) is 27.4. The SMILES string of the molecule is CCCCCCCC/C=C\CCCCCCCC(=O)OCC1(COC(=O)C(CCCCCCCCC)CCCCCCCCC)COC(CCCN(C)C)OC1. The van der Waals surface area contributed by atoms with Gasteiger partial charge in [-0.05, 0) is 78.4 Å². The minimum Gasteiger partial charge on any atom is -0.465 e. The fourth-order valence-electron chi connectivity index (χ4n) is 7.64. The zero-order valence-electron chi connectivity index (χ0n) is 37.9. The van der Waals surface area contributed by atoms with Gasteiger partial charge in [-0.15, -0.1) is 0 Å². The van der Waals surface area contributed by atoms with Crippen LogP contribution in [0.1, 0.15) is 226 Å². The van der Waals surface area contributed by atoms with Gasteiger partial charge >= 0.3 is 11.9 Å². The molecule has 7 nitrogen and oxygen atoms in total. The van der Waals surface area contributed by atoms with E-state index in [1.54, 1.807) is 0 Å². The summed E-state index contributed by atoms with van der Waals surface area (Å²) in [5, 5.41) is 0. The molecule has 1 rings (SSSR count). The lowest BCUT2D eigenvalue weighted by Gasteiger charge is -2.39. The van der Waals surface area contributed by atoms with Crippen LogP contribution in [0.4, 0.5) is 0 Å². The second-order valence-corrected chi connectivity index (χ2v) is 17.6.